The fourth-order valence-electron chi connectivity index (χ4n) is 0.385. The van der Waals surface area contributed by atoms with Crippen molar-refractivity contribution in [3.8, 4) is 0 Å². The van der Waals surface area contributed by atoms with E-state index >= 15 is 0 Å². The highest BCUT2D eigenvalue weighted by atomic mass is 16.3. The lowest BCUT2D eigenvalue weighted by molar-refractivity contribution is 0.105. The summed E-state index contributed by atoms with van der Waals surface area (Å²) in [5, 5.41) is 9.95. The minimum Gasteiger partial charge on any atom is -0.236 e. The Morgan fingerprint density at radius 3 is 1.08 bits per heavy atom. The van der Waals surface area contributed by atoms with Gasteiger partial charge in [-0.05, 0) is 5.41 Å². The van der Waals surface area contributed by atoms with Crippen molar-refractivity contribution in [3.63, 3.8) is 0 Å². The standard InChI is InChI=1S/C6H6.C5H11O/c1-2-4-6-5-3-1;1-5(2,3)4-6/h1-6H;4H2,1-3H3. The molecule has 0 atom stereocenters. The lowest BCUT2D eigenvalue weighted by Gasteiger charge is -2.09. The van der Waals surface area contributed by atoms with Crippen LogP contribution in [0.25, 0.3) is 0 Å². The van der Waals surface area contributed by atoms with Crippen molar-refractivity contribution in [2.45, 2.75) is 20.8 Å². The van der Waals surface area contributed by atoms with Crippen LogP contribution in [0.3, 0.4) is 0 Å². The van der Waals surface area contributed by atoms with Gasteiger partial charge in [0.05, 0.1) is 6.61 Å². The molecule has 0 aliphatic rings. The van der Waals surface area contributed by atoms with E-state index in [1.54, 1.807) is 0 Å². The molecule has 1 heteroatoms. The van der Waals surface area contributed by atoms with Crippen molar-refractivity contribution in [2.75, 3.05) is 6.61 Å². The third-order valence-electron chi connectivity index (χ3n) is 1.10. The van der Waals surface area contributed by atoms with Gasteiger partial charge in [-0.2, -0.15) is 0 Å². The SMILES string of the molecule is CC(C)(C)C[O].c1ccccc1. The molecule has 0 amide bonds. The summed E-state index contributed by atoms with van der Waals surface area (Å²) in [7, 11) is 0. The molecule has 0 fully saturated rings. The minimum absolute atomic E-state index is 0.0139. The second-order valence-electron chi connectivity index (χ2n) is 3.86. The average molecular weight is 165 g/mol. The molecule has 1 rings (SSSR count). The highest BCUT2D eigenvalue weighted by Gasteiger charge is 2.06. The second kappa shape index (κ2) is 5.78. The summed E-state index contributed by atoms with van der Waals surface area (Å²) in [6.07, 6.45) is 0. The van der Waals surface area contributed by atoms with Crippen LogP contribution >= 0.6 is 0 Å². The zero-order chi connectivity index (χ0) is 9.45. The monoisotopic (exact) mass is 165 g/mol. The van der Waals surface area contributed by atoms with Crippen LogP contribution in [0.2, 0.25) is 0 Å². The maximum absolute atomic E-state index is 9.95. The van der Waals surface area contributed by atoms with Crippen molar-refractivity contribution in [2.24, 2.45) is 5.41 Å². The van der Waals surface area contributed by atoms with Crippen LogP contribution in [0.15, 0.2) is 36.4 Å². The first-order valence-corrected chi connectivity index (χ1v) is 4.14. The predicted molar refractivity (Wildman–Crippen MR) is 51.5 cm³/mol. The van der Waals surface area contributed by atoms with E-state index in [4.69, 9.17) is 0 Å². The van der Waals surface area contributed by atoms with E-state index in [1.807, 2.05) is 57.2 Å². The van der Waals surface area contributed by atoms with Gasteiger partial charge in [0.2, 0.25) is 0 Å². The van der Waals surface area contributed by atoms with E-state index in [9.17, 15) is 5.11 Å². The van der Waals surface area contributed by atoms with Gasteiger partial charge in [-0.25, -0.2) is 5.11 Å². The normalized spacial score (nSPS) is 10.0. The number of hydrogen-bond donors (Lipinski definition) is 0. The fraction of sp³-hybridized carbons (Fsp3) is 0.455. The summed E-state index contributed by atoms with van der Waals surface area (Å²) in [6.45, 7) is 5.81. The molecule has 0 bridgehead atoms. The largest absolute Gasteiger partial charge is 0.236 e. The second-order valence-corrected chi connectivity index (χ2v) is 3.86. The van der Waals surface area contributed by atoms with Gasteiger partial charge >= 0.3 is 0 Å². The molecule has 0 aliphatic carbocycles. The van der Waals surface area contributed by atoms with Crippen molar-refractivity contribution >= 4 is 0 Å². The van der Waals surface area contributed by atoms with E-state index < -0.39 is 0 Å². The van der Waals surface area contributed by atoms with E-state index in [1.165, 1.54) is 0 Å². The van der Waals surface area contributed by atoms with E-state index in [0.29, 0.717) is 0 Å². The lowest BCUT2D eigenvalue weighted by atomic mass is 9.99. The maximum atomic E-state index is 9.95. The molecule has 0 aromatic heterocycles. The van der Waals surface area contributed by atoms with Gasteiger partial charge in [0, 0.05) is 0 Å². The fourth-order valence-corrected chi connectivity index (χ4v) is 0.385. The summed E-state index contributed by atoms with van der Waals surface area (Å²) < 4.78 is 0. The smallest absolute Gasteiger partial charge is 0.0870 e. The summed E-state index contributed by atoms with van der Waals surface area (Å²) >= 11 is 0. The van der Waals surface area contributed by atoms with Crippen molar-refractivity contribution in [3.05, 3.63) is 36.4 Å². The number of benzene rings is 1. The van der Waals surface area contributed by atoms with Crippen LogP contribution in [0.5, 0.6) is 0 Å². The first-order valence-electron chi connectivity index (χ1n) is 4.14. The Balaban J connectivity index is 0.000000202. The Morgan fingerprint density at radius 2 is 1.00 bits per heavy atom. The molecule has 1 aromatic carbocycles. The predicted octanol–water partition coefficient (Wildman–Crippen LogP) is 3.15. The Morgan fingerprint density at radius 1 is 0.833 bits per heavy atom. The van der Waals surface area contributed by atoms with Crippen molar-refractivity contribution in [1.82, 2.24) is 0 Å². The van der Waals surface area contributed by atoms with Crippen molar-refractivity contribution in [1.29, 1.82) is 0 Å². The minimum atomic E-state index is -0.0139. The number of rotatable bonds is 0. The van der Waals surface area contributed by atoms with Gasteiger partial charge < -0.3 is 0 Å². The third-order valence-corrected chi connectivity index (χ3v) is 1.10. The molecule has 12 heavy (non-hydrogen) atoms. The zero-order valence-corrected chi connectivity index (χ0v) is 8.08. The molecule has 0 saturated carbocycles. The molecule has 0 spiro atoms. The molecule has 0 aliphatic heterocycles. The third kappa shape index (κ3) is 9.18. The quantitative estimate of drug-likeness (QED) is 0.563. The Kier molecular flexibility index (Phi) is 5.39. The molecule has 1 radical (unpaired) electrons. The van der Waals surface area contributed by atoms with E-state index in [0.717, 1.165) is 0 Å². The van der Waals surface area contributed by atoms with Crippen LogP contribution in [0.1, 0.15) is 20.8 Å². The van der Waals surface area contributed by atoms with Gasteiger partial charge in [0.15, 0.2) is 0 Å². The van der Waals surface area contributed by atoms with Gasteiger partial charge in [0.25, 0.3) is 0 Å². The molecule has 0 saturated heterocycles. The topological polar surface area (TPSA) is 19.9 Å². The van der Waals surface area contributed by atoms with Gasteiger partial charge in [-0.15, -0.1) is 0 Å². The Labute approximate surface area is 75.1 Å². The highest BCUT2D eigenvalue weighted by Crippen LogP contribution is 2.09. The molecular formula is C11H17O. The maximum Gasteiger partial charge on any atom is 0.0870 e. The van der Waals surface area contributed by atoms with E-state index in [-0.39, 0.29) is 12.0 Å². The van der Waals surface area contributed by atoms with Crippen LogP contribution in [-0.4, -0.2) is 6.61 Å². The van der Waals surface area contributed by atoms with E-state index in [2.05, 4.69) is 0 Å². The van der Waals surface area contributed by atoms with Gasteiger partial charge in [-0.1, -0.05) is 57.2 Å². The first-order chi connectivity index (χ1) is 5.56. The molecule has 67 valence electrons. The van der Waals surface area contributed by atoms with Crippen molar-refractivity contribution < 1.29 is 5.11 Å². The van der Waals surface area contributed by atoms with Crippen LogP contribution < -0.4 is 0 Å². The highest BCUT2D eigenvalue weighted by molar-refractivity contribution is 4.99. The summed E-state index contributed by atoms with van der Waals surface area (Å²) in [5.74, 6) is 0. The van der Waals surface area contributed by atoms with Gasteiger partial charge in [0.1, 0.15) is 0 Å². The van der Waals surface area contributed by atoms with Gasteiger partial charge in [-0.3, -0.25) is 0 Å². The molecule has 0 heterocycles. The molecule has 1 nitrogen and oxygen atoms in total. The molecule has 0 N–H and O–H groups in total. The van der Waals surface area contributed by atoms with Crippen LogP contribution in [0.4, 0.5) is 0 Å². The number of hydrogen-bond acceptors (Lipinski definition) is 0. The molecule has 1 aromatic rings. The van der Waals surface area contributed by atoms with Crippen LogP contribution in [0, 0.1) is 5.41 Å². The summed E-state index contributed by atoms with van der Waals surface area (Å²) in [6, 6.07) is 12.0. The summed E-state index contributed by atoms with van der Waals surface area (Å²) in [5.41, 5.74) is -0.0139. The zero-order valence-electron chi connectivity index (χ0n) is 8.08. The Bertz CT molecular complexity index is 147. The molecular weight excluding hydrogens is 148 g/mol. The Hall–Kier alpha value is -0.820. The first kappa shape index (κ1) is 11.2. The molecule has 0 unspecified atom stereocenters. The average Bonchev–Trinajstić information content (AvgIpc) is 2.07. The van der Waals surface area contributed by atoms with Crippen LogP contribution in [-0.2, 0) is 5.11 Å². The lowest BCUT2D eigenvalue weighted by Crippen LogP contribution is -2.08. The summed E-state index contributed by atoms with van der Waals surface area (Å²) in [4.78, 5) is 0.